The molecule has 0 amide bonds. The Labute approximate surface area is 194 Å². The van der Waals surface area contributed by atoms with E-state index in [0.29, 0.717) is 13.1 Å². The average molecular weight is 534 g/mol. The maximum Gasteiger partial charge on any atom is 0.193 e. The van der Waals surface area contributed by atoms with Crippen LogP contribution in [0.1, 0.15) is 30.7 Å². The zero-order valence-corrected chi connectivity index (χ0v) is 21.0. The number of ether oxygens (including phenoxy) is 3. The molecule has 1 N–H and O–H groups in total. The fourth-order valence-electron chi connectivity index (χ4n) is 2.55. The van der Waals surface area contributed by atoms with Crippen LogP contribution in [0.15, 0.2) is 34.6 Å². The standard InChI is InChI=1S/C20H30N4O3S.HI/c1-14(27-18-9-7-17(26-6)8-10-18)11-22-20(21-3)24(4)12-16-13-28-19(23-16)15(2)25-5;/h7-10,13-15H,11-12H2,1-6H3,(H,21,22);1H. The summed E-state index contributed by atoms with van der Waals surface area (Å²) in [4.78, 5) is 11.0. The van der Waals surface area contributed by atoms with Gasteiger partial charge in [-0.1, -0.05) is 0 Å². The van der Waals surface area contributed by atoms with E-state index in [9.17, 15) is 0 Å². The number of halogens is 1. The third-order valence-electron chi connectivity index (χ3n) is 4.19. The lowest BCUT2D eigenvalue weighted by atomic mass is 10.3. The molecule has 0 aliphatic rings. The number of rotatable bonds is 9. The van der Waals surface area contributed by atoms with Crippen molar-refractivity contribution in [2.45, 2.75) is 32.6 Å². The van der Waals surface area contributed by atoms with Crippen molar-refractivity contribution in [2.24, 2.45) is 4.99 Å². The highest BCUT2D eigenvalue weighted by molar-refractivity contribution is 14.0. The van der Waals surface area contributed by atoms with E-state index in [1.807, 2.05) is 50.1 Å². The average Bonchev–Trinajstić information content (AvgIpc) is 3.16. The summed E-state index contributed by atoms with van der Waals surface area (Å²) in [6.07, 6.45) is -0.00980. The van der Waals surface area contributed by atoms with Crippen molar-refractivity contribution in [3.63, 3.8) is 0 Å². The summed E-state index contributed by atoms with van der Waals surface area (Å²) in [5.41, 5.74) is 0.997. The zero-order valence-electron chi connectivity index (χ0n) is 17.8. The van der Waals surface area contributed by atoms with Gasteiger partial charge in [-0.3, -0.25) is 4.99 Å². The van der Waals surface area contributed by atoms with Gasteiger partial charge in [-0.05, 0) is 38.1 Å². The van der Waals surface area contributed by atoms with Crippen molar-refractivity contribution in [2.75, 3.05) is 34.9 Å². The van der Waals surface area contributed by atoms with Crippen LogP contribution in [0.3, 0.4) is 0 Å². The molecule has 0 saturated carbocycles. The largest absolute Gasteiger partial charge is 0.497 e. The predicted molar refractivity (Wildman–Crippen MR) is 129 cm³/mol. The van der Waals surface area contributed by atoms with Crippen molar-refractivity contribution in [1.29, 1.82) is 0 Å². The molecule has 0 bridgehead atoms. The third kappa shape index (κ3) is 7.98. The monoisotopic (exact) mass is 534 g/mol. The summed E-state index contributed by atoms with van der Waals surface area (Å²) in [5, 5.41) is 6.39. The maximum atomic E-state index is 5.93. The van der Waals surface area contributed by atoms with Crippen LogP contribution in [0.2, 0.25) is 0 Å². The van der Waals surface area contributed by atoms with Crippen LogP contribution in [0.4, 0.5) is 0 Å². The second-order valence-electron chi connectivity index (χ2n) is 6.44. The van der Waals surface area contributed by atoms with E-state index in [1.54, 1.807) is 32.6 Å². The van der Waals surface area contributed by atoms with Gasteiger partial charge in [0.25, 0.3) is 0 Å². The van der Waals surface area contributed by atoms with Gasteiger partial charge in [0.1, 0.15) is 28.7 Å². The number of nitrogens with zero attached hydrogens (tertiary/aromatic N) is 3. The summed E-state index contributed by atoms with van der Waals surface area (Å²) >= 11 is 1.61. The number of thiazole rings is 1. The van der Waals surface area contributed by atoms with Crippen LogP contribution >= 0.6 is 35.3 Å². The zero-order chi connectivity index (χ0) is 20.5. The molecular weight excluding hydrogens is 503 g/mol. The Morgan fingerprint density at radius 2 is 1.86 bits per heavy atom. The van der Waals surface area contributed by atoms with Crippen molar-refractivity contribution in [3.8, 4) is 11.5 Å². The molecule has 2 atom stereocenters. The third-order valence-corrected chi connectivity index (χ3v) is 5.24. The molecule has 0 radical (unpaired) electrons. The van der Waals surface area contributed by atoms with Gasteiger partial charge in [0.2, 0.25) is 0 Å². The SMILES string of the molecule is CN=C(NCC(C)Oc1ccc(OC)cc1)N(C)Cc1csc(C(C)OC)n1.I. The van der Waals surface area contributed by atoms with E-state index in [1.165, 1.54) is 0 Å². The predicted octanol–water partition coefficient (Wildman–Crippen LogP) is 3.95. The van der Waals surface area contributed by atoms with E-state index >= 15 is 0 Å². The Balaban J connectivity index is 0.00000420. The fourth-order valence-corrected chi connectivity index (χ4v) is 3.39. The first kappa shape index (κ1) is 25.4. The Hall–Kier alpha value is -1.59. The normalized spacial score (nSPS) is 13.2. The number of aliphatic imine (C=N–C) groups is 1. The lowest BCUT2D eigenvalue weighted by Crippen LogP contribution is -2.42. The summed E-state index contributed by atoms with van der Waals surface area (Å²) in [6.45, 7) is 5.31. The van der Waals surface area contributed by atoms with E-state index in [4.69, 9.17) is 14.2 Å². The second-order valence-corrected chi connectivity index (χ2v) is 7.33. The molecule has 2 aromatic rings. The Kier molecular flexibility index (Phi) is 11.3. The van der Waals surface area contributed by atoms with Crippen LogP contribution < -0.4 is 14.8 Å². The van der Waals surface area contributed by atoms with Gasteiger partial charge in [0, 0.05) is 26.6 Å². The molecule has 1 aromatic carbocycles. The van der Waals surface area contributed by atoms with Crippen molar-refractivity contribution >= 4 is 41.3 Å². The molecule has 2 rings (SSSR count). The molecular formula is C20H31IN4O3S. The highest BCUT2D eigenvalue weighted by Crippen LogP contribution is 2.21. The van der Waals surface area contributed by atoms with Crippen LogP contribution in [0.5, 0.6) is 11.5 Å². The molecule has 7 nitrogen and oxygen atoms in total. The lowest BCUT2D eigenvalue weighted by molar-refractivity contribution is 0.119. The molecule has 0 fully saturated rings. The highest BCUT2D eigenvalue weighted by Gasteiger charge is 2.13. The first-order valence-corrected chi connectivity index (χ1v) is 10.0. The number of hydrogen-bond acceptors (Lipinski definition) is 6. The minimum absolute atomic E-state index is 0. The molecule has 29 heavy (non-hydrogen) atoms. The quantitative estimate of drug-likeness (QED) is 0.299. The van der Waals surface area contributed by atoms with Crippen LogP contribution in [0, 0.1) is 0 Å². The summed E-state index contributed by atoms with van der Waals surface area (Å²) in [5.74, 6) is 2.41. The van der Waals surface area contributed by atoms with Crippen LogP contribution in [-0.4, -0.2) is 56.8 Å². The molecule has 0 aliphatic heterocycles. The topological polar surface area (TPSA) is 68.2 Å². The number of nitrogens with one attached hydrogen (secondary N) is 1. The van der Waals surface area contributed by atoms with Crippen molar-refractivity contribution in [1.82, 2.24) is 15.2 Å². The van der Waals surface area contributed by atoms with E-state index < -0.39 is 0 Å². The van der Waals surface area contributed by atoms with Gasteiger partial charge in [-0.15, -0.1) is 35.3 Å². The van der Waals surface area contributed by atoms with E-state index in [0.717, 1.165) is 28.2 Å². The van der Waals surface area contributed by atoms with Gasteiger partial charge in [0.05, 0.1) is 25.9 Å². The number of benzene rings is 1. The molecule has 9 heteroatoms. The van der Waals surface area contributed by atoms with Gasteiger partial charge >= 0.3 is 0 Å². The van der Waals surface area contributed by atoms with Gasteiger partial charge in [-0.25, -0.2) is 4.98 Å². The van der Waals surface area contributed by atoms with Gasteiger partial charge < -0.3 is 24.4 Å². The van der Waals surface area contributed by atoms with E-state index in [2.05, 4.69) is 20.7 Å². The highest BCUT2D eigenvalue weighted by atomic mass is 127. The molecule has 0 aliphatic carbocycles. The number of hydrogen-bond donors (Lipinski definition) is 1. The second kappa shape index (κ2) is 12.9. The summed E-state index contributed by atoms with van der Waals surface area (Å²) < 4.78 is 16.4. The van der Waals surface area contributed by atoms with Crippen LogP contribution in [0.25, 0.3) is 0 Å². The smallest absolute Gasteiger partial charge is 0.193 e. The van der Waals surface area contributed by atoms with Gasteiger partial charge in [-0.2, -0.15) is 0 Å². The maximum absolute atomic E-state index is 5.93. The first-order chi connectivity index (χ1) is 13.5. The Bertz CT molecular complexity index is 754. The van der Waals surface area contributed by atoms with Crippen molar-refractivity contribution < 1.29 is 14.2 Å². The minimum Gasteiger partial charge on any atom is -0.497 e. The van der Waals surface area contributed by atoms with Gasteiger partial charge in [0.15, 0.2) is 5.96 Å². The fraction of sp³-hybridized carbons (Fsp3) is 0.500. The molecule has 0 saturated heterocycles. The first-order valence-electron chi connectivity index (χ1n) is 9.16. The molecule has 0 spiro atoms. The molecule has 162 valence electrons. The van der Waals surface area contributed by atoms with Crippen LogP contribution in [-0.2, 0) is 11.3 Å². The van der Waals surface area contributed by atoms with Crippen molar-refractivity contribution in [3.05, 3.63) is 40.3 Å². The summed E-state index contributed by atoms with van der Waals surface area (Å²) in [6, 6.07) is 7.57. The van der Waals surface area contributed by atoms with E-state index in [-0.39, 0.29) is 36.2 Å². The lowest BCUT2D eigenvalue weighted by Gasteiger charge is -2.23. The Morgan fingerprint density at radius 1 is 1.21 bits per heavy atom. The number of guanidine groups is 1. The molecule has 1 heterocycles. The number of methoxy groups -OCH3 is 2. The summed E-state index contributed by atoms with van der Waals surface area (Å²) in [7, 11) is 7.10. The number of aromatic nitrogens is 1. The molecule has 1 aromatic heterocycles. The minimum atomic E-state index is -0.0213. The molecule has 2 unspecified atom stereocenters. The Morgan fingerprint density at radius 3 is 2.45 bits per heavy atom.